The standard InChI is InChI=1S/C9H16N2O/c10-8(12)5-9(11)4-3-6-1-2-7(6)9/h6-7H,1-5,11H2,(H2,10,12). The molecule has 2 aliphatic carbocycles. The quantitative estimate of drug-likeness (QED) is 0.625. The van der Waals surface area contributed by atoms with Crippen molar-refractivity contribution in [2.24, 2.45) is 23.3 Å². The summed E-state index contributed by atoms with van der Waals surface area (Å²) in [4.78, 5) is 10.8. The Hall–Kier alpha value is -0.570. The summed E-state index contributed by atoms with van der Waals surface area (Å²) in [5.74, 6) is 1.14. The largest absolute Gasteiger partial charge is 0.370 e. The number of carbonyl (C=O) groups excluding carboxylic acids is 1. The van der Waals surface area contributed by atoms with Gasteiger partial charge in [0, 0.05) is 12.0 Å². The highest BCUT2D eigenvalue weighted by Gasteiger charge is 2.50. The van der Waals surface area contributed by atoms with Crippen molar-refractivity contribution in [1.82, 2.24) is 0 Å². The molecular formula is C9H16N2O. The van der Waals surface area contributed by atoms with Crippen molar-refractivity contribution in [1.29, 1.82) is 0 Å². The number of rotatable bonds is 2. The second-order valence-corrected chi connectivity index (χ2v) is 4.36. The van der Waals surface area contributed by atoms with Crippen LogP contribution in [-0.2, 0) is 4.79 Å². The third kappa shape index (κ3) is 1.04. The van der Waals surface area contributed by atoms with Gasteiger partial charge in [-0.25, -0.2) is 0 Å². The molecule has 0 radical (unpaired) electrons. The molecular weight excluding hydrogens is 152 g/mol. The van der Waals surface area contributed by atoms with E-state index in [1.165, 1.54) is 19.3 Å². The Kier molecular flexibility index (Phi) is 1.65. The fraction of sp³-hybridized carbons (Fsp3) is 0.889. The topological polar surface area (TPSA) is 69.1 Å². The molecule has 2 saturated carbocycles. The van der Waals surface area contributed by atoms with E-state index in [2.05, 4.69) is 0 Å². The van der Waals surface area contributed by atoms with Crippen LogP contribution in [0.4, 0.5) is 0 Å². The van der Waals surface area contributed by atoms with E-state index in [9.17, 15) is 4.79 Å². The van der Waals surface area contributed by atoms with E-state index in [1.807, 2.05) is 0 Å². The van der Waals surface area contributed by atoms with Crippen LogP contribution in [0.1, 0.15) is 32.1 Å². The Labute approximate surface area is 72.5 Å². The molecule has 0 aromatic heterocycles. The van der Waals surface area contributed by atoms with Crippen molar-refractivity contribution in [3.8, 4) is 0 Å². The minimum atomic E-state index is -0.245. The monoisotopic (exact) mass is 168 g/mol. The summed E-state index contributed by atoms with van der Waals surface area (Å²) in [6.07, 6.45) is 5.09. The summed E-state index contributed by atoms with van der Waals surface area (Å²) >= 11 is 0. The maximum Gasteiger partial charge on any atom is 0.219 e. The van der Waals surface area contributed by atoms with Crippen LogP contribution in [0, 0.1) is 11.8 Å². The molecule has 3 unspecified atom stereocenters. The van der Waals surface area contributed by atoms with Gasteiger partial charge in [0.15, 0.2) is 0 Å². The molecule has 3 atom stereocenters. The summed E-state index contributed by atoms with van der Waals surface area (Å²) in [5, 5.41) is 0. The first-order chi connectivity index (χ1) is 5.62. The number of carbonyl (C=O) groups is 1. The molecule has 12 heavy (non-hydrogen) atoms. The minimum Gasteiger partial charge on any atom is -0.370 e. The second-order valence-electron chi connectivity index (χ2n) is 4.36. The molecule has 2 fully saturated rings. The summed E-state index contributed by atoms with van der Waals surface area (Å²) < 4.78 is 0. The van der Waals surface area contributed by atoms with Gasteiger partial charge < -0.3 is 11.5 Å². The predicted molar refractivity (Wildman–Crippen MR) is 46.2 cm³/mol. The molecule has 3 nitrogen and oxygen atoms in total. The highest BCUT2D eigenvalue weighted by atomic mass is 16.1. The van der Waals surface area contributed by atoms with Crippen LogP contribution in [0.15, 0.2) is 0 Å². The Morgan fingerprint density at radius 3 is 2.58 bits per heavy atom. The Morgan fingerprint density at radius 2 is 2.17 bits per heavy atom. The van der Waals surface area contributed by atoms with Gasteiger partial charge in [-0.2, -0.15) is 0 Å². The van der Waals surface area contributed by atoms with Gasteiger partial charge in [0.05, 0.1) is 0 Å². The molecule has 0 heterocycles. The van der Waals surface area contributed by atoms with E-state index in [1.54, 1.807) is 0 Å². The van der Waals surface area contributed by atoms with Gasteiger partial charge in [0.25, 0.3) is 0 Å². The van der Waals surface area contributed by atoms with Crippen molar-refractivity contribution in [2.45, 2.75) is 37.6 Å². The smallest absolute Gasteiger partial charge is 0.219 e. The molecule has 3 heteroatoms. The normalized spacial score (nSPS) is 45.1. The average molecular weight is 168 g/mol. The number of primary amides is 1. The minimum absolute atomic E-state index is 0.241. The molecule has 0 saturated heterocycles. The van der Waals surface area contributed by atoms with Crippen molar-refractivity contribution in [3.63, 3.8) is 0 Å². The van der Waals surface area contributed by atoms with Gasteiger partial charge in [-0.05, 0) is 37.5 Å². The first kappa shape index (κ1) is 8.05. The summed E-state index contributed by atoms with van der Waals surface area (Å²) in [6, 6.07) is 0. The van der Waals surface area contributed by atoms with Gasteiger partial charge >= 0.3 is 0 Å². The number of hydrogen-bond acceptors (Lipinski definition) is 2. The number of fused-ring (bicyclic) bond motifs is 1. The van der Waals surface area contributed by atoms with Gasteiger partial charge in [-0.15, -0.1) is 0 Å². The van der Waals surface area contributed by atoms with Crippen LogP contribution in [0.5, 0.6) is 0 Å². The molecule has 0 aliphatic heterocycles. The third-order valence-electron chi connectivity index (χ3n) is 3.64. The zero-order valence-corrected chi connectivity index (χ0v) is 7.25. The average Bonchev–Trinajstić information content (AvgIpc) is 1.99. The lowest BCUT2D eigenvalue weighted by Crippen LogP contribution is -2.50. The summed E-state index contributed by atoms with van der Waals surface area (Å²) in [7, 11) is 0. The molecule has 1 amide bonds. The number of hydrogen-bond donors (Lipinski definition) is 2. The van der Waals surface area contributed by atoms with Gasteiger partial charge in [0.1, 0.15) is 0 Å². The molecule has 2 rings (SSSR count). The molecule has 0 bridgehead atoms. The van der Waals surface area contributed by atoms with E-state index in [4.69, 9.17) is 11.5 Å². The highest BCUT2D eigenvalue weighted by molar-refractivity contribution is 5.75. The van der Waals surface area contributed by atoms with Crippen molar-refractivity contribution >= 4 is 5.91 Å². The Balaban J connectivity index is 2.05. The first-order valence-corrected chi connectivity index (χ1v) is 4.69. The SMILES string of the molecule is NC(=O)CC1(N)CCC2CCC21. The van der Waals surface area contributed by atoms with Crippen molar-refractivity contribution < 1.29 is 4.79 Å². The third-order valence-corrected chi connectivity index (χ3v) is 3.64. The fourth-order valence-corrected chi connectivity index (χ4v) is 2.85. The van der Waals surface area contributed by atoms with Crippen LogP contribution in [0.3, 0.4) is 0 Å². The van der Waals surface area contributed by atoms with E-state index in [0.29, 0.717) is 12.3 Å². The van der Waals surface area contributed by atoms with E-state index in [-0.39, 0.29) is 11.4 Å². The van der Waals surface area contributed by atoms with E-state index in [0.717, 1.165) is 12.3 Å². The molecule has 68 valence electrons. The van der Waals surface area contributed by atoms with Crippen LogP contribution in [-0.4, -0.2) is 11.4 Å². The van der Waals surface area contributed by atoms with E-state index < -0.39 is 0 Å². The van der Waals surface area contributed by atoms with E-state index >= 15 is 0 Å². The predicted octanol–water partition coefficient (Wildman–Crippen LogP) is 0.379. The molecule has 0 aromatic rings. The van der Waals surface area contributed by atoms with Crippen LogP contribution < -0.4 is 11.5 Å². The van der Waals surface area contributed by atoms with Gasteiger partial charge in [-0.1, -0.05) is 0 Å². The Morgan fingerprint density at radius 1 is 1.42 bits per heavy atom. The van der Waals surface area contributed by atoms with Crippen LogP contribution in [0.25, 0.3) is 0 Å². The molecule has 0 spiro atoms. The summed E-state index contributed by atoms with van der Waals surface area (Å²) in [6.45, 7) is 0. The lowest BCUT2D eigenvalue weighted by molar-refractivity contribution is -0.119. The summed E-state index contributed by atoms with van der Waals surface area (Å²) in [5.41, 5.74) is 11.1. The fourth-order valence-electron chi connectivity index (χ4n) is 2.85. The number of amides is 1. The maximum atomic E-state index is 10.8. The maximum absolute atomic E-state index is 10.8. The Bertz CT molecular complexity index is 217. The van der Waals surface area contributed by atoms with Gasteiger partial charge in [-0.3, -0.25) is 4.79 Å². The highest BCUT2D eigenvalue weighted by Crippen LogP contribution is 2.52. The first-order valence-electron chi connectivity index (χ1n) is 4.69. The molecule has 0 aromatic carbocycles. The lowest BCUT2D eigenvalue weighted by Gasteiger charge is -2.40. The van der Waals surface area contributed by atoms with Crippen molar-refractivity contribution in [2.75, 3.05) is 0 Å². The zero-order chi connectivity index (χ0) is 8.77. The second kappa shape index (κ2) is 2.46. The van der Waals surface area contributed by atoms with Crippen LogP contribution in [0.2, 0.25) is 0 Å². The number of nitrogens with two attached hydrogens (primary N) is 2. The zero-order valence-electron chi connectivity index (χ0n) is 7.25. The molecule has 4 N–H and O–H groups in total. The molecule has 2 aliphatic rings. The van der Waals surface area contributed by atoms with Crippen LogP contribution >= 0.6 is 0 Å². The van der Waals surface area contributed by atoms with Crippen molar-refractivity contribution in [3.05, 3.63) is 0 Å². The lowest BCUT2D eigenvalue weighted by atomic mass is 9.68. The van der Waals surface area contributed by atoms with Gasteiger partial charge in [0.2, 0.25) is 5.91 Å².